The Kier molecular flexibility index (Phi) is 3.53. The van der Waals surface area contributed by atoms with Gasteiger partial charge in [-0.1, -0.05) is 18.5 Å². The Balaban J connectivity index is 2.41. The average Bonchev–Trinajstić information content (AvgIpc) is 2.67. The van der Waals surface area contributed by atoms with Crippen LogP contribution in [0, 0.1) is 16.0 Å². The van der Waals surface area contributed by atoms with Crippen molar-refractivity contribution in [3.05, 3.63) is 38.9 Å². The minimum Gasteiger partial charge on any atom is -0.278 e. The Labute approximate surface area is 114 Å². The molecule has 2 rings (SSSR count). The first-order valence-corrected chi connectivity index (χ1v) is 6.06. The van der Waals surface area contributed by atoms with Gasteiger partial charge in [0, 0.05) is 24.1 Å². The number of hydrogen-bond donors (Lipinski definition) is 0. The third-order valence-electron chi connectivity index (χ3n) is 2.95. The Hall–Kier alpha value is -1.95. The van der Waals surface area contributed by atoms with Crippen molar-refractivity contribution in [2.24, 2.45) is 5.92 Å². The standard InChI is InChI=1S/C12H11ClN2O4/c1-7-4-11(16)14(6-7)12(17)9-5-8(13)2-3-10(9)15(18)19/h2-3,5,7H,4,6H2,1H3. The summed E-state index contributed by atoms with van der Waals surface area (Å²) >= 11 is 5.76. The Morgan fingerprint density at radius 2 is 2.21 bits per heavy atom. The molecular formula is C12H11ClN2O4. The van der Waals surface area contributed by atoms with E-state index in [1.54, 1.807) is 0 Å². The van der Waals surface area contributed by atoms with Gasteiger partial charge in [0.15, 0.2) is 0 Å². The molecule has 0 saturated carbocycles. The first-order chi connectivity index (χ1) is 8.90. The molecule has 6 nitrogen and oxygen atoms in total. The van der Waals surface area contributed by atoms with Gasteiger partial charge in [0.1, 0.15) is 5.56 Å². The summed E-state index contributed by atoms with van der Waals surface area (Å²) in [6.07, 6.45) is 0.278. The molecule has 0 bridgehead atoms. The second kappa shape index (κ2) is 4.97. The number of halogens is 1. The smallest absolute Gasteiger partial charge is 0.278 e. The third-order valence-corrected chi connectivity index (χ3v) is 3.18. The van der Waals surface area contributed by atoms with Gasteiger partial charge in [-0.25, -0.2) is 0 Å². The fourth-order valence-electron chi connectivity index (χ4n) is 2.07. The highest BCUT2D eigenvalue weighted by Crippen LogP contribution is 2.27. The van der Waals surface area contributed by atoms with E-state index in [4.69, 9.17) is 11.6 Å². The van der Waals surface area contributed by atoms with Crippen LogP contribution in [0.1, 0.15) is 23.7 Å². The predicted octanol–water partition coefficient (Wildman–Crippen LogP) is 2.26. The molecule has 1 saturated heterocycles. The molecule has 1 unspecified atom stereocenters. The van der Waals surface area contributed by atoms with Crippen LogP contribution >= 0.6 is 11.6 Å². The molecule has 0 N–H and O–H groups in total. The van der Waals surface area contributed by atoms with Gasteiger partial charge in [-0.2, -0.15) is 0 Å². The highest BCUT2D eigenvalue weighted by Gasteiger charge is 2.34. The zero-order chi connectivity index (χ0) is 14.2. The zero-order valence-electron chi connectivity index (χ0n) is 10.1. The van der Waals surface area contributed by atoms with Crippen molar-refractivity contribution < 1.29 is 14.5 Å². The summed E-state index contributed by atoms with van der Waals surface area (Å²) in [4.78, 5) is 35.2. The number of nitrogens with zero attached hydrogens (tertiary/aromatic N) is 2. The van der Waals surface area contributed by atoms with E-state index in [1.165, 1.54) is 18.2 Å². The first-order valence-electron chi connectivity index (χ1n) is 5.68. The maximum Gasteiger partial charge on any atom is 0.282 e. The number of likely N-dealkylation sites (tertiary alicyclic amines) is 1. The molecule has 1 aromatic rings. The number of carbonyl (C=O) groups is 2. The summed E-state index contributed by atoms with van der Waals surface area (Å²) in [6.45, 7) is 2.12. The third kappa shape index (κ3) is 2.58. The van der Waals surface area contributed by atoms with Crippen LogP contribution in [0.4, 0.5) is 5.69 Å². The Bertz CT molecular complexity index is 573. The van der Waals surface area contributed by atoms with E-state index >= 15 is 0 Å². The largest absolute Gasteiger partial charge is 0.282 e. The molecule has 7 heteroatoms. The lowest BCUT2D eigenvalue weighted by Crippen LogP contribution is -2.32. The fourth-order valence-corrected chi connectivity index (χ4v) is 2.24. The zero-order valence-corrected chi connectivity index (χ0v) is 10.9. The molecular weight excluding hydrogens is 272 g/mol. The van der Waals surface area contributed by atoms with Crippen LogP contribution in [0.25, 0.3) is 0 Å². The molecule has 0 spiro atoms. The molecule has 1 fully saturated rings. The number of imide groups is 1. The number of hydrogen-bond acceptors (Lipinski definition) is 4. The van der Waals surface area contributed by atoms with Gasteiger partial charge in [0.05, 0.1) is 4.92 Å². The highest BCUT2D eigenvalue weighted by molar-refractivity contribution is 6.31. The van der Waals surface area contributed by atoms with Crippen LogP contribution in [0.3, 0.4) is 0 Å². The molecule has 0 aromatic heterocycles. The summed E-state index contributed by atoms with van der Waals surface area (Å²) in [6, 6.07) is 3.72. The molecule has 0 radical (unpaired) electrons. The van der Waals surface area contributed by atoms with Crippen LogP contribution in [0.5, 0.6) is 0 Å². The lowest BCUT2D eigenvalue weighted by Gasteiger charge is -2.14. The van der Waals surface area contributed by atoms with Crippen molar-refractivity contribution in [2.75, 3.05) is 6.54 Å². The van der Waals surface area contributed by atoms with Crippen molar-refractivity contribution in [3.8, 4) is 0 Å². The lowest BCUT2D eigenvalue weighted by atomic mass is 10.1. The minimum atomic E-state index is -0.663. The highest BCUT2D eigenvalue weighted by atomic mass is 35.5. The molecule has 100 valence electrons. The van der Waals surface area contributed by atoms with E-state index in [0.29, 0.717) is 0 Å². The maximum atomic E-state index is 12.2. The number of nitro benzene ring substituents is 1. The number of benzene rings is 1. The molecule has 1 aliphatic heterocycles. The van der Waals surface area contributed by atoms with Crippen molar-refractivity contribution in [3.63, 3.8) is 0 Å². The first kappa shape index (κ1) is 13.5. The lowest BCUT2D eigenvalue weighted by molar-refractivity contribution is -0.385. The van der Waals surface area contributed by atoms with Crippen LogP contribution < -0.4 is 0 Å². The van der Waals surface area contributed by atoms with E-state index in [1.807, 2.05) is 6.92 Å². The molecule has 19 heavy (non-hydrogen) atoms. The SMILES string of the molecule is CC1CC(=O)N(C(=O)c2cc(Cl)ccc2[N+](=O)[O-])C1. The van der Waals surface area contributed by atoms with Crippen molar-refractivity contribution >= 4 is 29.1 Å². The van der Waals surface area contributed by atoms with Gasteiger partial charge in [-0.05, 0) is 18.1 Å². The van der Waals surface area contributed by atoms with Crippen LogP contribution in [-0.4, -0.2) is 28.2 Å². The van der Waals surface area contributed by atoms with Crippen molar-refractivity contribution in [1.29, 1.82) is 0 Å². The summed E-state index contributed by atoms with van der Waals surface area (Å²) in [5, 5.41) is 11.1. The van der Waals surface area contributed by atoms with Gasteiger partial charge in [0.25, 0.3) is 11.6 Å². The summed E-state index contributed by atoms with van der Waals surface area (Å²) in [5.41, 5.74) is -0.498. The number of nitro groups is 1. The Morgan fingerprint density at radius 3 is 2.74 bits per heavy atom. The van der Waals surface area contributed by atoms with E-state index in [9.17, 15) is 19.7 Å². The van der Waals surface area contributed by atoms with Crippen LogP contribution in [0.2, 0.25) is 5.02 Å². The van der Waals surface area contributed by atoms with E-state index < -0.39 is 10.8 Å². The molecule has 0 aliphatic carbocycles. The van der Waals surface area contributed by atoms with E-state index in [-0.39, 0.29) is 41.1 Å². The van der Waals surface area contributed by atoms with Gasteiger partial charge in [-0.15, -0.1) is 0 Å². The molecule has 1 heterocycles. The quantitative estimate of drug-likeness (QED) is 0.473. The van der Waals surface area contributed by atoms with Gasteiger partial charge in [-0.3, -0.25) is 24.6 Å². The predicted molar refractivity (Wildman–Crippen MR) is 67.9 cm³/mol. The Morgan fingerprint density at radius 1 is 1.53 bits per heavy atom. The monoisotopic (exact) mass is 282 g/mol. The van der Waals surface area contributed by atoms with Crippen LogP contribution in [-0.2, 0) is 4.79 Å². The summed E-state index contributed by atoms with van der Waals surface area (Å²) in [7, 11) is 0. The fraction of sp³-hybridized carbons (Fsp3) is 0.333. The topological polar surface area (TPSA) is 80.5 Å². The normalized spacial score (nSPS) is 18.7. The molecule has 1 atom stereocenters. The maximum absolute atomic E-state index is 12.2. The summed E-state index contributed by atoms with van der Waals surface area (Å²) in [5.74, 6) is -0.912. The number of amides is 2. The van der Waals surface area contributed by atoms with E-state index in [0.717, 1.165) is 4.90 Å². The summed E-state index contributed by atoms with van der Waals surface area (Å²) < 4.78 is 0. The van der Waals surface area contributed by atoms with E-state index in [2.05, 4.69) is 0 Å². The van der Waals surface area contributed by atoms with Gasteiger partial charge < -0.3 is 0 Å². The number of carbonyl (C=O) groups excluding carboxylic acids is 2. The van der Waals surface area contributed by atoms with Gasteiger partial charge >= 0.3 is 0 Å². The average molecular weight is 283 g/mol. The minimum absolute atomic E-state index is 0.0645. The van der Waals surface area contributed by atoms with Crippen LogP contribution in [0.15, 0.2) is 18.2 Å². The molecule has 1 aliphatic rings. The number of rotatable bonds is 2. The van der Waals surface area contributed by atoms with Crippen molar-refractivity contribution in [2.45, 2.75) is 13.3 Å². The second-order valence-corrected chi connectivity index (χ2v) is 4.97. The van der Waals surface area contributed by atoms with Crippen molar-refractivity contribution in [1.82, 2.24) is 4.90 Å². The molecule has 1 aromatic carbocycles. The second-order valence-electron chi connectivity index (χ2n) is 4.54. The molecule has 2 amide bonds. The van der Waals surface area contributed by atoms with Gasteiger partial charge in [0.2, 0.25) is 5.91 Å².